The zero-order valence-corrected chi connectivity index (χ0v) is 41.2. The number of benzene rings is 11. The van der Waals surface area contributed by atoms with Crippen molar-refractivity contribution in [3.63, 3.8) is 0 Å². The molecule has 3 heterocycles. The van der Waals surface area contributed by atoms with E-state index in [1.807, 2.05) is 11.3 Å². The SMILES string of the molecule is c1ccc(-c2ccc(-c3cc(-c4ccc(-c5ccccc5)cc4)nc(-c4ccc(-n5c6ccccc6c6cc(-c7ccccc7-c7ccccc7-c7cccc8c7sc7ccccc78)ccc65)cc4)c3)cc2)cc1. The quantitative estimate of drug-likeness (QED) is 0.141. The summed E-state index contributed by atoms with van der Waals surface area (Å²) in [5, 5.41) is 5.06. The summed E-state index contributed by atoms with van der Waals surface area (Å²) < 4.78 is 5.05. The van der Waals surface area contributed by atoms with Gasteiger partial charge >= 0.3 is 0 Å². The molecule has 0 saturated heterocycles. The fourth-order valence-electron chi connectivity index (χ4n) is 11.0. The Bertz CT molecular complexity index is 4270. The second-order valence-electron chi connectivity index (χ2n) is 19.0. The number of rotatable bonds is 9. The molecule has 0 N–H and O–H groups in total. The maximum atomic E-state index is 5.37. The Kier molecular flexibility index (Phi) is 10.7. The summed E-state index contributed by atoms with van der Waals surface area (Å²) in [6, 6.07) is 101. The van der Waals surface area contributed by atoms with Gasteiger partial charge in [-0.15, -0.1) is 11.3 Å². The fraction of sp³-hybridized carbons (Fsp3) is 0. The van der Waals surface area contributed by atoms with Crippen molar-refractivity contribution in [2.24, 2.45) is 0 Å². The van der Waals surface area contributed by atoms with Crippen LogP contribution in [0.15, 0.2) is 279 Å². The van der Waals surface area contributed by atoms with E-state index in [1.54, 1.807) is 0 Å². The highest BCUT2D eigenvalue weighted by Crippen LogP contribution is 2.45. The Labute approximate surface area is 434 Å². The summed E-state index contributed by atoms with van der Waals surface area (Å²) in [6.07, 6.45) is 0. The third-order valence-electron chi connectivity index (χ3n) is 14.7. The van der Waals surface area contributed by atoms with Gasteiger partial charge in [-0.25, -0.2) is 4.98 Å². The molecule has 14 aromatic rings. The predicted octanol–water partition coefficient (Wildman–Crippen LogP) is 19.9. The van der Waals surface area contributed by atoms with Crippen molar-refractivity contribution in [1.29, 1.82) is 0 Å². The number of aromatic nitrogens is 2. The van der Waals surface area contributed by atoms with Crippen molar-refractivity contribution in [3.05, 3.63) is 279 Å². The number of thiophene rings is 1. The smallest absolute Gasteiger partial charge is 0.0715 e. The van der Waals surface area contributed by atoms with E-state index in [2.05, 4.69) is 284 Å². The van der Waals surface area contributed by atoms with Crippen molar-refractivity contribution in [2.75, 3.05) is 0 Å². The Morgan fingerprint density at radius 1 is 0.257 bits per heavy atom. The van der Waals surface area contributed by atoms with Crippen molar-refractivity contribution in [2.45, 2.75) is 0 Å². The maximum Gasteiger partial charge on any atom is 0.0715 e. The van der Waals surface area contributed by atoms with Gasteiger partial charge in [0, 0.05) is 53.3 Å². The van der Waals surface area contributed by atoms with Gasteiger partial charge in [-0.1, -0.05) is 231 Å². The van der Waals surface area contributed by atoms with Crippen LogP contribution in [-0.4, -0.2) is 9.55 Å². The average Bonchev–Trinajstić information content (AvgIpc) is 4.03. The summed E-state index contributed by atoms with van der Waals surface area (Å²) in [5.41, 5.74) is 21.8. The lowest BCUT2D eigenvalue weighted by atomic mass is 9.89. The molecule has 14 rings (SSSR count). The third-order valence-corrected chi connectivity index (χ3v) is 15.9. The van der Waals surface area contributed by atoms with Gasteiger partial charge in [0.15, 0.2) is 0 Å². The summed E-state index contributed by atoms with van der Waals surface area (Å²) >= 11 is 1.88. The van der Waals surface area contributed by atoms with Crippen molar-refractivity contribution in [1.82, 2.24) is 9.55 Å². The van der Waals surface area contributed by atoms with Gasteiger partial charge in [0.25, 0.3) is 0 Å². The molecule has 74 heavy (non-hydrogen) atoms. The average molecular weight is 959 g/mol. The molecular weight excluding hydrogens is 913 g/mol. The molecule has 3 aromatic heterocycles. The lowest BCUT2D eigenvalue weighted by Gasteiger charge is -2.16. The highest BCUT2D eigenvalue weighted by molar-refractivity contribution is 7.26. The van der Waals surface area contributed by atoms with E-state index >= 15 is 0 Å². The normalized spacial score (nSPS) is 11.5. The molecule has 0 aliphatic carbocycles. The second kappa shape index (κ2) is 18.3. The van der Waals surface area contributed by atoms with Crippen molar-refractivity contribution in [3.8, 4) is 95.0 Å². The fourth-order valence-corrected chi connectivity index (χ4v) is 12.3. The molecule has 0 aliphatic rings. The Hall–Kier alpha value is -9.41. The zero-order valence-electron chi connectivity index (χ0n) is 40.4. The molecule has 0 spiro atoms. The van der Waals surface area contributed by atoms with Crippen LogP contribution in [0.2, 0.25) is 0 Å². The number of hydrogen-bond donors (Lipinski definition) is 0. The molecule has 2 nitrogen and oxygen atoms in total. The van der Waals surface area contributed by atoms with Gasteiger partial charge in [0.05, 0.1) is 22.4 Å². The van der Waals surface area contributed by atoms with Gasteiger partial charge in [-0.05, 0) is 110 Å². The van der Waals surface area contributed by atoms with E-state index in [0.717, 1.165) is 44.8 Å². The van der Waals surface area contributed by atoms with Crippen LogP contribution in [0.4, 0.5) is 0 Å². The van der Waals surface area contributed by atoms with E-state index in [0.29, 0.717) is 0 Å². The van der Waals surface area contributed by atoms with Crippen LogP contribution < -0.4 is 0 Å². The monoisotopic (exact) mass is 958 g/mol. The van der Waals surface area contributed by atoms with Gasteiger partial charge in [-0.3, -0.25) is 0 Å². The van der Waals surface area contributed by atoms with Crippen LogP contribution >= 0.6 is 11.3 Å². The Morgan fingerprint density at radius 2 is 0.689 bits per heavy atom. The van der Waals surface area contributed by atoms with Gasteiger partial charge in [-0.2, -0.15) is 0 Å². The maximum absolute atomic E-state index is 5.37. The lowest BCUT2D eigenvalue weighted by molar-refractivity contribution is 1.18. The van der Waals surface area contributed by atoms with Crippen molar-refractivity contribution < 1.29 is 0 Å². The molecule has 0 unspecified atom stereocenters. The van der Waals surface area contributed by atoms with Crippen LogP contribution in [0.1, 0.15) is 0 Å². The summed E-state index contributed by atoms with van der Waals surface area (Å²) in [5.74, 6) is 0. The lowest BCUT2D eigenvalue weighted by Crippen LogP contribution is -1.95. The Morgan fingerprint density at radius 3 is 1.34 bits per heavy atom. The third kappa shape index (κ3) is 7.70. The van der Waals surface area contributed by atoms with E-state index in [-0.39, 0.29) is 0 Å². The highest BCUT2D eigenvalue weighted by Gasteiger charge is 2.19. The van der Waals surface area contributed by atoms with Crippen LogP contribution in [0.3, 0.4) is 0 Å². The molecule has 11 aromatic carbocycles. The summed E-state index contributed by atoms with van der Waals surface area (Å²) in [4.78, 5) is 5.37. The van der Waals surface area contributed by atoms with E-state index < -0.39 is 0 Å². The highest BCUT2D eigenvalue weighted by atomic mass is 32.1. The number of para-hydroxylation sites is 1. The van der Waals surface area contributed by atoms with Crippen LogP contribution in [0.5, 0.6) is 0 Å². The van der Waals surface area contributed by atoms with E-state index in [4.69, 9.17) is 4.98 Å². The largest absolute Gasteiger partial charge is 0.309 e. The van der Waals surface area contributed by atoms with E-state index in [1.165, 1.54) is 92.1 Å². The molecule has 0 radical (unpaired) electrons. The standard InChI is InChI=1S/C71H46N2S/c1-3-16-47(17-4-1)49-30-32-51(33-31-49)55-45-66(52-36-34-50(35-37-52)48-18-5-2-6-19-48)72-67(46-55)53-38-41-56(42-39-53)73-68-28-13-11-24-61(68)65-44-54(40-43-69(65)73)57-20-7-8-21-58(57)59-22-9-10-23-60(59)63-26-15-27-64-62-25-12-14-29-70(62)74-71(63)64/h1-46H. The van der Waals surface area contributed by atoms with Crippen LogP contribution in [0, 0.1) is 0 Å². The molecule has 0 atom stereocenters. The Balaban J connectivity index is 0.840. The van der Waals surface area contributed by atoms with Gasteiger partial charge in [0.1, 0.15) is 0 Å². The first-order valence-corrected chi connectivity index (χ1v) is 26.1. The second-order valence-corrected chi connectivity index (χ2v) is 20.1. The minimum atomic E-state index is 0.927. The molecule has 0 aliphatic heterocycles. The van der Waals surface area contributed by atoms with Gasteiger partial charge in [0.2, 0.25) is 0 Å². The number of fused-ring (bicyclic) bond motifs is 6. The topological polar surface area (TPSA) is 17.8 Å². The van der Waals surface area contributed by atoms with E-state index in [9.17, 15) is 0 Å². The molecular formula is C71H46N2S. The molecule has 0 fully saturated rings. The minimum absolute atomic E-state index is 0.927. The number of hydrogen-bond acceptors (Lipinski definition) is 2. The van der Waals surface area contributed by atoms with Gasteiger partial charge < -0.3 is 4.57 Å². The predicted molar refractivity (Wildman–Crippen MR) is 315 cm³/mol. The zero-order chi connectivity index (χ0) is 49.0. The minimum Gasteiger partial charge on any atom is -0.309 e. The molecule has 0 bridgehead atoms. The first-order chi connectivity index (χ1) is 36.7. The number of pyridine rings is 1. The summed E-state index contributed by atoms with van der Waals surface area (Å²) in [6.45, 7) is 0. The first-order valence-electron chi connectivity index (χ1n) is 25.3. The van der Waals surface area contributed by atoms with Crippen LogP contribution in [0.25, 0.3) is 137 Å². The first kappa shape index (κ1) is 43.4. The number of nitrogens with zero attached hydrogens (tertiary/aromatic N) is 2. The molecule has 346 valence electrons. The molecule has 3 heteroatoms. The van der Waals surface area contributed by atoms with Crippen molar-refractivity contribution >= 4 is 53.3 Å². The summed E-state index contributed by atoms with van der Waals surface area (Å²) in [7, 11) is 0. The molecule has 0 saturated carbocycles. The van der Waals surface area contributed by atoms with Crippen LogP contribution in [-0.2, 0) is 0 Å². The molecule has 0 amide bonds.